The van der Waals surface area contributed by atoms with Crippen LogP contribution >= 0.6 is 74.0 Å². The Bertz CT molecular complexity index is 79.0. The molecule has 0 nitrogen and oxygen atoms in total. The van der Waals surface area contributed by atoms with E-state index in [0.717, 1.165) is 4.20 Å². The van der Waals surface area contributed by atoms with Gasteiger partial charge in [0, 0.05) is 0 Å². The van der Waals surface area contributed by atoms with Crippen LogP contribution in [-0.2, 0) is 0 Å². The molecule has 0 aliphatic heterocycles. The summed E-state index contributed by atoms with van der Waals surface area (Å²) in [5, 5.41) is 0. The van der Waals surface area contributed by atoms with Crippen molar-refractivity contribution in [2.45, 2.75) is 6.92 Å². The molecule has 7 heteroatoms. The van der Waals surface area contributed by atoms with Gasteiger partial charge in [0.1, 0.15) is 0 Å². The minimum atomic E-state index is 0.970. The first-order valence-corrected chi connectivity index (χ1v) is 9.37. The van der Waals surface area contributed by atoms with Crippen molar-refractivity contribution in [3.05, 3.63) is 0 Å². The van der Waals surface area contributed by atoms with Crippen LogP contribution in [0.5, 0.6) is 0 Å². The molecular weight excluding hydrogens is 248 g/mol. The van der Waals surface area contributed by atoms with E-state index in [9.17, 15) is 0 Å². The highest BCUT2D eigenvalue weighted by molar-refractivity contribution is 9.41. The maximum Gasteiger partial charge on any atom is 0.0564 e. The van der Waals surface area contributed by atoms with E-state index in [0.29, 0.717) is 0 Å². The summed E-state index contributed by atoms with van der Waals surface area (Å²) in [6.07, 6.45) is 0. The van der Waals surface area contributed by atoms with Gasteiger partial charge in [0.25, 0.3) is 0 Å². The molecule has 0 aromatic carbocycles. The molecule has 0 aliphatic carbocycles. The monoisotopic (exact) mass is 252 g/mol. The number of thiol groups is 1. The fraction of sp³-hybridized carbons (Fsp3) is 0.500. The molecule has 0 heterocycles. The average molecular weight is 253 g/mol. The molecule has 0 fully saturated rings. The first kappa shape index (κ1) is 11.2. The van der Waals surface area contributed by atoms with Crippen molar-refractivity contribution in [1.82, 2.24) is 0 Å². The highest BCUT2D eigenvalue weighted by Gasteiger charge is 1.91. The van der Waals surface area contributed by atoms with Gasteiger partial charge in [-0.1, -0.05) is 23.9 Å². The maximum absolute atomic E-state index is 4.84. The van der Waals surface area contributed by atoms with Gasteiger partial charge < -0.3 is 0 Å². The van der Waals surface area contributed by atoms with Gasteiger partial charge in [-0.25, -0.2) is 0 Å². The van der Waals surface area contributed by atoms with Gasteiger partial charge in [-0.15, -0.1) is 0 Å². The molecule has 0 spiro atoms. The smallest absolute Gasteiger partial charge is 0.0564 e. The molecule has 54 valence electrons. The largest absolute Gasteiger partial charge is 0.0988 e. The predicted molar refractivity (Wildman–Crippen MR) is 65.2 cm³/mol. The van der Waals surface area contributed by atoms with Crippen LogP contribution in [0.1, 0.15) is 6.92 Å². The molecule has 0 bridgehead atoms. The van der Waals surface area contributed by atoms with Crippen LogP contribution in [-0.4, -0.2) is 4.20 Å². The van der Waals surface area contributed by atoms with Crippen molar-refractivity contribution in [3.8, 4) is 0 Å². The summed E-state index contributed by atoms with van der Waals surface area (Å²) in [4.78, 5) is 0. The molecule has 0 unspecified atom stereocenters. The second-order valence-corrected chi connectivity index (χ2v) is 10.2. The summed E-state index contributed by atoms with van der Waals surface area (Å²) < 4.78 is 0.970. The molecular formula is C2H4S7. The molecule has 0 atom stereocenters. The van der Waals surface area contributed by atoms with Crippen LogP contribution in [0.15, 0.2) is 0 Å². The van der Waals surface area contributed by atoms with Crippen molar-refractivity contribution in [1.29, 1.82) is 0 Å². The van der Waals surface area contributed by atoms with E-state index in [1.807, 2.05) is 6.92 Å². The first-order valence-electron chi connectivity index (χ1n) is 1.76. The van der Waals surface area contributed by atoms with Gasteiger partial charge in [-0.2, -0.15) is 0 Å². The predicted octanol–water partition coefficient (Wildman–Crippen LogP) is 4.50. The van der Waals surface area contributed by atoms with E-state index in [2.05, 4.69) is 11.7 Å². The van der Waals surface area contributed by atoms with Crippen LogP contribution < -0.4 is 0 Å². The third kappa shape index (κ3) is 10.2. The van der Waals surface area contributed by atoms with Gasteiger partial charge in [0.15, 0.2) is 0 Å². The summed E-state index contributed by atoms with van der Waals surface area (Å²) in [7, 11) is 8.04. The lowest BCUT2D eigenvalue weighted by atomic mass is 11.0. The summed E-state index contributed by atoms with van der Waals surface area (Å²) in [6, 6.07) is 0. The van der Waals surface area contributed by atoms with E-state index >= 15 is 0 Å². The second kappa shape index (κ2) is 8.29. The number of rotatable bonds is 4. The average Bonchev–Trinajstić information content (AvgIpc) is 1.80. The SMILES string of the molecule is CC(=S)SSSSSS. The molecule has 0 radical (unpaired) electrons. The first-order chi connectivity index (χ1) is 4.27. The molecule has 0 aromatic rings. The van der Waals surface area contributed by atoms with Crippen molar-refractivity contribution in [2.75, 3.05) is 0 Å². The quantitative estimate of drug-likeness (QED) is 0.336. The third-order valence-electron chi connectivity index (χ3n) is 0.237. The molecule has 0 saturated carbocycles. The summed E-state index contributed by atoms with van der Waals surface area (Å²) in [6.45, 7) is 1.92. The van der Waals surface area contributed by atoms with E-state index in [4.69, 9.17) is 12.2 Å². The Morgan fingerprint density at radius 3 is 2.44 bits per heavy atom. The van der Waals surface area contributed by atoms with Gasteiger partial charge in [0.05, 0.1) is 4.20 Å². The Labute approximate surface area is 84.2 Å². The lowest BCUT2D eigenvalue weighted by Crippen LogP contribution is -1.64. The van der Waals surface area contributed by atoms with E-state index in [1.165, 1.54) is 9.83 Å². The normalized spacial score (nSPS) is 9.56. The molecule has 0 aliphatic rings. The Kier molecular flexibility index (Phi) is 10.3. The highest BCUT2D eigenvalue weighted by atomic mass is 33.9. The lowest BCUT2D eigenvalue weighted by molar-refractivity contribution is 2.12. The Balaban J connectivity index is 2.83. The standard InChI is InChI=1S/C2H4S7/c1-2(3)5-7-9-8-6-4/h4H,1H3. The minimum absolute atomic E-state index is 0.970. The summed E-state index contributed by atoms with van der Waals surface area (Å²) in [5.74, 6) is 0. The molecule has 9 heavy (non-hydrogen) atoms. The van der Waals surface area contributed by atoms with Gasteiger partial charge >= 0.3 is 0 Å². The molecule has 0 amide bonds. The van der Waals surface area contributed by atoms with Gasteiger partial charge in [0.2, 0.25) is 0 Å². The van der Waals surface area contributed by atoms with Crippen LogP contribution in [0.4, 0.5) is 0 Å². The van der Waals surface area contributed by atoms with E-state index in [-0.39, 0.29) is 0 Å². The third-order valence-corrected chi connectivity index (χ3v) is 9.55. The van der Waals surface area contributed by atoms with Crippen molar-refractivity contribution in [3.63, 3.8) is 0 Å². The second-order valence-electron chi connectivity index (χ2n) is 0.854. The van der Waals surface area contributed by atoms with Crippen molar-refractivity contribution >= 4 is 78.2 Å². The Morgan fingerprint density at radius 2 is 2.00 bits per heavy atom. The fourth-order valence-electron chi connectivity index (χ4n) is 0.0856. The van der Waals surface area contributed by atoms with Gasteiger partial charge in [-0.05, 0) is 57.0 Å². The summed E-state index contributed by atoms with van der Waals surface area (Å²) >= 11 is 8.79. The lowest BCUT2D eigenvalue weighted by Gasteiger charge is -1.92. The van der Waals surface area contributed by atoms with Crippen molar-refractivity contribution in [2.24, 2.45) is 0 Å². The van der Waals surface area contributed by atoms with Crippen LogP contribution in [0.25, 0.3) is 0 Å². The zero-order valence-electron chi connectivity index (χ0n) is 4.40. The number of thiocarbonyl (C=S) groups is 1. The van der Waals surface area contributed by atoms with E-state index < -0.39 is 0 Å². The van der Waals surface area contributed by atoms with Crippen molar-refractivity contribution < 1.29 is 0 Å². The molecule has 0 saturated heterocycles. The van der Waals surface area contributed by atoms with Crippen LogP contribution in [0.2, 0.25) is 0 Å². The maximum atomic E-state index is 4.84. The number of hydrogen-bond acceptors (Lipinski definition) is 7. The zero-order chi connectivity index (χ0) is 7.11. The molecule has 0 aromatic heterocycles. The number of hydrogen-bond donors (Lipinski definition) is 1. The van der Waals surface area contributed by atoms with E-state index in [1.54, 1.807) is 40.3 Å². The molecule has 0 rings (SSSR count). The van der Waals surface area contributed by atoms with Crippen LogP contribution in [0.3, 0.4) is 0 Å². The fourth-order valence-corrected chi connectivity index (χ4v) is 8.94. The zero-order valence-corrected chi connectivity index (χ0v) is 10.2. The minimum Gasteiger partial charge on any atom is -0.0988 e. The highest BCUT2D eigenvalue weighted by Crippen LogP contribution is 2.49. The molecule has 0 N–H and O–H groups in total. The Hall–Kier alpha value is 2.19. The van der Waals surface area contributed by atoms with Gasteiger partial charge in [-0.3, -0.25) is 0 Å². The Morgan fingerprint density at radius 1 is 1.33 bits per heavy atom. The summed E-state index contributed by atoms with van der Waals surface area (Å²) in [5.41, 5.74) is 0. The van der Waals surface area contributed by atoms with Crippen LogP contribution in [0, 0.1) is 0 Å². The topological polar surface area (TPSA) is 0 Å².